The molecule has 0 saturated carbocycles. The van der Waals surface area contributed by atoms with Crippen molar-refractivity contribution >= 4 is 27.5 Å². The molecular weight excluding hydrogens is 392 g/mol. The average Bonchev–Trinajstić information content (AvgIpc) is 3.05. The fourth-order valence-corrected chi connectivity index (χ4v) is 2.97. The summed E-state index contributed by atoms with van der Waals surface area (Å²) in [5.41, 5.74) is 2.08. The van der Waals surface area contributed by atoms with Crippen molar-refractivity contribution < 1.29 is 0 Å². The standard InChI is InChI=1S/C19H23BrN6/c1-19(2,14-7-9-15(20)10-8-14)13-23-18(21-3)22-12-17-25-24-16-6-4-5-11-26(16)17/h4-11H,12-13H2,1-3H3,(H2,21,22,23). The van der Waals surface area contributed by atoms with Crippen molar-refractivity contribution in [1.82, 2.24) is 25.2 Å². The Morgan fingerprint density at radius 2 is 1.88 bits per heavy atom. The van der Waals surface area contributed by atoms with Crippen molar-refractivity contribution in [2.24, 2.45) is 4.99 Å². The fraction of sp³-hybridized carbons (Fsp3) is 0.316. The molecule has 0 bridgehead atoms. The molecule has 0 atom stereocenters. The first-order valence-corrected chi connectivity index (χ1v) is 9.28. The maximum absolute atomic E-state index is 4.31. The number of guanidine groups is 1. The van der Waals surface area contributed by atoms with Gasteiger partial charge >= 0.3 is 0 Å². The lowest BCUT2D eigenvalue weighted by atomic mass is 9.85. The Morgan fingerprint density at radius 3 is 2.62 bits per heavy atom. The Hall–Kier alpha value is -2.41. The number of nitrogens with zero attached hydrogens (tertiary/aromatic N) is 4. The number of benzene rings is 1. The summed E-state index contributed by atoms with van der Waals surface area (Å²) >= 11 is 3.48. The van der Waals surface area contributed by atoms with Gasteiger partial charge in [-0.25, -0.2) is 0 Å². The molecule has 0 radical (unpaired) electrons. The topological polar surface area (TPSA) is 66.6 Å². The molecule has 6 nitrogen and oxygen atoms in total. The molecule has 0 aliphatic rings. The second-order valence-corrected chi connectivity index (χ2v) is 7.63. The molecule has 0 unspecified atom stereocenters. The van der Waals surface area contributed by atoms with E-state index in [0.717, 1.165) is 28.4 Å². The van der Waals surface area contributed by atoms with Crippen LogP contribution in [0.25, 0.3) is 5.65 Å². The largest absolute Gasteiger partial charge is 0.356 e. The minimum Gasteiger partial charge on any atom is -0.356 e. The van der Waals surface area contributed by atoms with Crippen LogP contribution in [0.15, 0.2) is 58.1 Å². The van der Waals surface area contributed by atoms with E-state index in [2.05, 4.69) is 79.9 Å². The summed E-state index contributed by atoms with van der Waals surface area (Å²) in [6.07, 6.45) is 1.96. The highest BCUT2D eigenvalue weighted by molar-refractivity contribution is 9.10. The molecule has 3 rings (SSSR count). The van der Waals surface area contributed by atoms with Gasteiger partial charge in [0.2, 0.25) is 0 Å². The van der Waals surface area contributed by atoms with Crippen molar-refractivity contribution in [1.29, 1.82) is 0 Å². The van der Waals surface area contributed by atoms with Crippen LogP contribution in [0.3, 0.4) is 0 Å². The Balaban J connectivity index is 1.60. The number of rotatable bonds is 5. The summed E-state index contributed by atoms with van der Waals surface area (Å²) in [4.78, 5) is 4.31. The zero-order chi connectivity index (χ0) is 18.6. The molecule has 2 aromatic heterocycles. The number of nitrogens with one attached hydrogen (secondary N) is 2. The second-order valence-electron chi connectivity index (χ2n) is 6.72. The van der Waals surface area contributed by atoms with E-state index in [0.29, 0.717) is 6.54 Å². The maximum atomic E-state index is 4.31. The molecule has 3 aromatic rings. The number of pyridine rings is 1. The van der Waals surface area contributed by atoms with Gasteiger partial charge in [0.25, 0.3) is 0 Å². The van der Waals surface area contributed by atoms with Gasteiger partial charge in [0.05, 0.1) is 6.54 Å². The monoisotopic (exact) mass is 414 g/mol. The second kappa shape index (κ2) is 7.86. The Bertz CT molecular complexity index is 898. The highest BCUT2D eigenvalue weighted by atomic mass is 79.9. The normalized spacial score (nSPS) is 12.4. The molecule has 0 fully saturated rings. The van der Waals surface area contributed by atoms with Crippen LogP contribution in [-0.4, -0.2) is 34.2 Å². The summed E-state index contributed by atoms with van der Waals surface area (Å²) in [5.74, 6) is 1.58. The highest BCUT2D eigenvalue weighted by Gasteiger charge is 2.21. The third-order valence-corrected chi connectivity index (χ3v) is 4.87. The minimum atomic E-state index is -0.0279. The summed E-state index contributed by atoms with van der Waals surface area (Å²) < 4.78 is 3.05. The number of halogens is 1. The van der Waals surface area contributed by atoms with E-state index in [-0.39, 0.29) is 5.41 Å². The summed E-state index contributed by atoms with van der Waals surface area (Å²) in [6, 6.07) is 14.3. The quantitative estimate of drug-likeness (QED) is 0.497. The predicted octanol–water partition coefficient (Wildman–Crippen LogP) is 3.13. The Kier molecular flexibility index (Phi) is 5.56. The lowest BCUT2D eigenvalue weighted by molar-refractivity contribution is 0.508. The van der Waals surface area contributed by atoms with E-state index in [1.54, 1.807) is 7.05 Å². The molecular formula is C19H23BrN6. The van der Waals surface area contributed by atoms with Crippen molar-refractivity contribution in [2.45, 2.75) is 25.8 Å². The van der Waals surface area contributed by atoms with E-state index in [1.807, 2.05) is 28.8 Å². The number of hydrogen-bond donors (Lipinski definition) is 2. The van der Waals surface area contributed by atoms with Crippen molar-refractivity contribution in [3.63, 3.8) is 0 Å². The van der Waals surface area contributed by atoms with Crippen LogP contribution in [0.1, 0.15) is 25.2 Å². The van der Waals surface area contributed by atoms with Crippen LogP contribution >= 0.6 is 15.9 Å². The minimum absolute atomic E-state index is 0.0279. The highest BCUT2D eigenvalue weighted by Crippen LogP contribution is 2.23. The van der Waals surface area contributed by atoms with Gasteiger partial charge in [0, 0.05) is 29.7 Å². The van der Waals surface area contributed by atoms with Crippen LogP contribution in [-0.2, 0) is 12.0 Å². The molecule has 26 heavy (non-hydrogen) atoms. The predicted molar refractivity (Wildman–Crippen MR) is 108 cm³/mol. The summed E-state index contributed by atoms with van der Waals surface area (Å²) in [6.45, 7) is 5.73. The van der Waals surface area contributed by atoms with Crippen LogP contribution in [0.5, 0.6) is 0 Å². The van der Waals surface area contributed by atoms with Gasteiger partial charge in [0.15, 0.2) is 17.4 Å². The first kappa shape index (κ1) is 18.4. The van der Waals surface area contributed by atoms with Crippen LogP contribution in [0.2, 0.25) is 0 Å². The lowest BCUT2D eigenvalue weighted by Crippen LogP contribution is -2.43. The van der Waals surface area contributed by atoms with Crippen LogP contribution in [0.4, 0.5) is 0 Å². The molecule has 0 amide bonds. The van der Waals surface area contributed by atoms with Gasteiger partial charge in [0.1, 0.15) is 0 Å². The smallest absolute Gasteiger partial charge is 0.191 e. The Labute approximate surface area is 161 Å². The van der Waals surface area contributed by atoms with E-state index >= 15 is 0 Å². The molecule has 1 aromatic carbocycles. The molecule has 0 aliphatic heterocycles. The van der Waals surface area contributed by atoms with Gasteiger partial charge in [-0.2, -0.15) is 0 Å². The first-order valence-electron chi connectivity index (χ1n) is 8.49. The van der Waals surface area contributed by atoms with Gasteiger partial charge in [-0.05, 0) is 29.8 Å². The first-order chi connectivity index (χ1) is 12.5. The molecule has 0 aliphatic carbocycles. The number of hydrogen-bond acceptors (Lipinski definition) is 3. The number of fused-ring (bicyclic) bond motifs is 1. The van der Waals surface area contributed by atoms with Crippen LogP contribution < -0.4 is 10.6 Å². The molecule has 7 heteroatoms. The Morgan fingerprint density at radius 1 is 1.12 bits per heavy atom. The molecule has 2 heterocycles. The van der Waals surface area contributed by atoms with Gasteiger partial charge in [-0.15, -0.1) is 10.2 Å². The molecule has 136 valence electrons. The van der Waals surface area contributed by atoms with Gasteiger partial charge in [-0.1, -0.05) is 48.0 Å². The zero-order valence-corrected chi connectivity index (χ0v) is 16.8. The third kappa shape index (κ3) is 4.22. The van der Waals surface area contributed by atoms with Gasteiger partial charge < -0.3 is 10.6 Å². The van der Waals surface area contributed by atoms with Crippen molar-refractivity contribution in [2.75, 3.05) is 13.6 Å². The van der Waals surface area contributed by atoms with Crippen molar-refractivity contribution in [3.8, 4) is 0 Å². The summed E-state index contributed by atoms with van der Waals surface area (Å²) in [5, 5.41) is 15.1. The van der Waals surface area contributed by atoms with E-state index in [9.17, 15) is 0 Å². The van der Waals surface area contributed by atoms with E-state index in [1.165, 1.54) is 5.56 Å². The third-order valence-electron chi connectivity index (χ3n) is 4.35. The van der Waals surface area contributed by atoms with Gasteiger partial charge in [-0.3, -0.25) is 9.39 Å². The SMILES string of the molecule is CN=C(NCc1nnc2ccccn12)NCC(C)(C)c1ccc(Br)cc1. The van der Waals surface area contributed by atoms with E-state index < -0.39 is 0 Å². The number of aromatic nitrogens is 3. The summed E-state index contributed by atoms with van der Waals surface area (Å²) in [7, 11) is 1.77. The molecule has 0 saturated heterocycles. The fourth-order valence-electron chi connectivity index (χ4n) is 2.70. The zero-order valence-electron chi connectivity index (χ0n) is 15.2. The number of aliphatic imine (C=N–C) groups is 1. The van der Waals surface area contributed by atoms with Crippen LogP contribution in [0, 0.1) is 0 Å². The van der Waals surface area contributed by atoms with E-state index in [4.69, 9.17) is 0 Å². The van der Waals surface area contributed by atoms with Crippen molar-refractivity contribution in [3.05, 3.63) is 64.5 Å². The average molecular weight is 415 g/mol. The molecule has 0 spiro atoms. The molecule has 2 N–H and O–H groups in total. The lowest BCUT2D eigenvalue weighted by Gasteiger charge is -2.26. The maximum Gasteiger partial charge on any atom is 0.191 e.